The van der Waals surface area contributed by atoms with E-state index in [1.807, 2.05) is 55.5 Å². The van der Waals surface area contributed by atoms with Crippen LogP contribution in [0.5, 0.6) is 5.75 Å². The molecular weight excluding hydrogens is 420 g/mol. The van der Waals surface area contributed by atoms with E-state index in [2.05, 4.69) is 16.0 Å². The van der Waals surface area contributed by atoms with Gasteiger partial charge in [-0.25, -0.2) is 4.79 Å². The number of benzene rings is 2. The van der Waals surface area contributed by atoms with Gasteiger partial charge in [0.1, 0.15) is 11.8 Å². The van der Waals surface area contributed by atoms with Crippen LogP contribution in [0.2, 0.25) is 0 Å². The van der Waals surface area contributed by atoms with E-state index < -0.39 is 6.04 Å². The van der Waals surface area contributed by atoms with Gasteiger partial charge in [-0.15, -0.1) is 0 Å². The Morgan fingerprint density at radius 3 is 2.33 bits per heavy atom. The number of urea groups is 1. The second-order valence-electron chi connectivity index (χ2n) is 8.32. The van der Waals surface area contributed by atoms with Crippen LogP contribution in [0.1, 0.15) is 30.9 Å². The van der Waals surface area contributed by atoms with Crippen molar-refractivity contribution in [2.24, 2.45) is 0 Å². The molecule has 1 aliphatic rings. The molecule has 0 unspecified atom stereocenters. The van der Waals surface area contributed by atoms with Crippen molar-refractivity contribution < 1.29 is 19.1 Å². The molecule has 3 N–H and O–H groups in total. The number of hydrogen-bond donors (Lipinski definition) is 3. The fourth-order valence-corrected chi connectivity index (χ4v) is 3.89. The highest BCUT2D eigenvalue weighted by Gasteiger charge is 2.27. The van der Waals surface area contributed by atoms with Crippen LogP contribution in [0, 0.1) is 6.92 Å². The lowest BCUT2D eigenvalue weighted by molar-refractivity contribution is -0.128. The van der Waals surface area contributed by atoms with E-state index >= 15 is 0 Å². The first-order chi connectivity index (χ1) is 15.9. The lowest BCUT2D eigenvalue weighted by Gasteiger charge is -2.33. The van der Waals surface area contributed by atoms with Crippen LogP contribution in [0.4, 0.5) is 10.5 Å². The van der Waals surface area contributed by atoms with Gasteiger partial charge in [-0.05, 0) is 49.1 Å². The Hall–Kier alpha value is -3.55. The molecule has 0 aromatic heterocycles. The summed E-state index contributed by atoms with van der Waals surface area (Å²) in [5, 5.41) is 8.75. The van der Waals surface area contributed by atoms with Gasteiger partial charge in [0.2, 0.25) is 11.8 Å². The standard InChI is InChI=1S/C25H32N4O4/c1-17-6-4-5-7-22(17)28-25(32)29-14-12-20(13-15-29)27-24(31)23(26-18(2)30)16-19-8-10-21(33-3)11-9-19/h4-11,20,23H,12-16H2,1-3H3,(H,26,30)(H,27,31)(H,28,32)/t23-/m0/s1. The predicted octanol–water partition coefficient (Wildman–Crippen LogP) is 2.86. The normalized spacial score (nSPS) is 14.8. The first kappa shape index (κ1) is 24.1. The highest BCUT2D eigenvalue weighted by atomic mass is 16.5. The summed E-state index contributed by atoms with van der Waals surface area (Å²) in [4.78, 5) is 39.0. The monoisotopic (exact) mass is 452 g/mol. The van der Waals surface area contributed by atoms with Crippen LogP contribution in [0.3, 0.4) is 0 Å². The second kappa shape index (κ2) is 11.4. The largest absolute Gasteiger partial charge is 0.497 e. The van der Waals surface area contributed by atoms with Crippen molar-refractivity contribution in [1.82, 2.24) is 15.5 Å². The maximum atomic E-state index is 12.9. The Bertz CT molecular complexity index is 969. The average Bonchev–Trinajstić information content (AvgIpc) is 2.80. The van der Waals surface area contributed by atoms with Crippen molar-refractivity contribution in [2.75, 3.05) is 25.5 Å². The molecule has 176 valence electrons. The Kier molecular flexibility index (Phi) is 8.29. The lowest BCUT2D eigenvalue weighted by Crippen LogP contribution is -2.53. The third-order valence-corrected chi connectivity index (χ3v) is 5.81. The number of carbonyl (C=O) groups excluding carboxylic acids is 3. The van der Waals surface area contributed by atoms with Crippen LogP contribution in [0.25, 0.3) is 0 Å². The van der Waals surface area contributed by atoms with Gasteiger partial charge in [-0.3, -0.25) is 9.59 Å². The maximum Gasteiger partial charge on any atom is 0.321 e. The molecular formula is C25H32N4O4. The molecule has 0 radical (unpaired) electrons. The molecule has 2 aromatic rings. The Balaban J connectivity index is 1.52. The number of likely N-dealkylation sites (tertiary alicyclic amines) is 1. The van der Waals surface area contributed by atoms with Crippen LogP contribution in [0.15, 0.2) is 48.5 Å². The fraction of sp³-hybridized carbons (Fsp3) is 0.400. The summed E-state index contributed by atoms with van der Waals surface area (Å²) in [5.74, 6) is 0.257. The van der Waals surface area contributed by atoms with Crippen LogP contribution in [-0.2, 0) is 16.0 Å². The number of ether oxygens (including phenoxy) is 1. The summed E-state index contributed by atoms with van der Waals surface area (Å²) in [5.41, 5.74) is 2.73. The van der Waals surface area contributed by atoms with Gasteiger partial charge < -0.3 is 25.6 Å². The summed E-state index contributed by atoms with van der Waals surface area (Å²) in [6.07, 6.45) is 1.69. The summed E-state index contributed by atoms with van der Waals surface area (Å²) in [7, 11) is 1.60. The third-order valence-electron chi connectivity index (χ3n) is 5.81. The topological polar surface area (TPSA) is 99.8 Å². The van der Waals surface area contributed by atoms with E-state index in [0.717, 1.165) is 22.6 Å². The number of hydrogen-bond acceptors (Lipinski definition) is 4. The third kappa shape index (κ3) is 6.97. The van der Waals surface area contributed by atoms with Crippen molar-refractivity contribution in [3.63, 3.8) is 0 Å². The highest BCUT2D eigenvalue weighted by molar-refractivity contribution is 5.90. The smallest absolute Gasteiger partial charge is 0.321 e. The molecule has 4 amide bonds. The first-order valence-electron chi connectivity index (χ1n) is 11.2. The molecule has 2 aromatic carbocycles. The SMILES string of the molecule is COc1ccc(C[C@H](NC(C)=O)C(=O)NC2CCN(C(=O)Nc3ccccc3C)CC2)cc1. The number of aryl methyl sites for hydroxylation is 1. The maximum absolute atomic E-state index is 12.9. The Morgan fingerprint density at radius 2 is 1.73 bits per heavy atom. The van der Waals surface area contributed by atoms with Crippen molar-refractivity contribution in [2.45, 2.75) is 45.2 Å². The van der Waals surface area contributed by atoms with E-state index in [9.17, 15) is 14.4 Å². The number of amides is 4. The Labute approximate surface area is 194 Å². The molecule has 0 saturated carbocycles. The molecule has 8 heteroatoms. The first-order valence-corrected chi connectivity index (χ1v) is 11.2. The number of carbonyl (C=O) groups is 3. The van der Waals surface area contributed by atoms with E-state index in [-0.39, 0.29) is 23.9 Å². The van der Waals surface area contributed by atoms with Crippen LogP contribution >= 0.6 is 0 Å². The molecule has 1 heterocycles. The Morgan fingerprint density at radius 1 is 1.06 bits per heavy atom. The number of methoxy groups -OCH3 is 1. The molecule has 0 aliphatic carbocycles. The summed E-state index contributed by atoms with van der Waals surface area (Å²) in [6, 6.07) is 14.2. The minimum absolute atomic E-state index is 0.0489. The number of piperidine rings is 1. The van der Waals surface area contributed by atoms with Gasteiger partial charge in [0.15, 0.2) is 0 Å². The number of para-hydroxylation sites is 1. The van der Waals surface area contributed by atoms with Gasteiger partial charge in [0.05, 0.1) is 7.11 Å². The highest BCUT2D eigenvalue weighted by Crippen LogP contribution is 2.17. The average molecular weight is 453 g/mol. The number of anilines is 1. The van der Waals surface area contributed by atoms with Crippen molar-refractivity contribution >= 4 is 23.5 Å². The minimum Gasteiger partial charge on any atom is -0.497 e. The summed E-state index contributed by atoms with van der Waals surface area (Å²) < 4.78 is 5.17. The summed E-state index contributed by atoms with van der Waals surface area (Å²) in [6.45, 7) is 4.45. The predicted molar refractivity (Wildman–Crippen MR) is 127 cm³/mol. The van der Waals surface area contributed by atoms with E-state index in [4.69, 9.17) is 4.74 Å². The molecule has 8 nitrogen and oxygen atoms in total. The van der Waals surface area contributed by atoms with E-state index in [1.165, 1.54) is 6.92 Å². The van der Waals surface area contributed by atoms with E-state index in [0.29, 0.717) is 32.4 Å². The number of rotatable bonds is 7. The lowest BCUT2D eigenvalue weighted by atomic mass is 10.0. The molecule has 1 saturated heterocycles. The van der Waals surface area contributed by atoms with Gasteiger partial charge >= 0.3 is 6.03 Å². The minimum atomic E-state index is -0.668. The molecule has 1 fully saturated rings. The summed E-state index contributed by atoms with van der Waals surface area (Å²) >= 11 is 0. The zero-order chi connectivity index (χ0) is 23.8. The number of nitrogens with zero attached hydrogens (tertiary/aromatic N) is 1. The zero-order valence-electron chi connectivity index (χ0n) is 19.4. The number of nitrogens with one attached hydrogen (secondary N) is 3. The van der Waals surface area contributed by atoms with Crippen molar-refractivity contribution in [3.8, 4) is 5.75 Å². The van der Waals surface area contributed by atoms with E-state index in [1.54, 1.807) is 12.0 Å². The van der Waals surface area contributed by atoms with Crippen LogP contribution in [-0.4, -0.2) is 55.0 Å². The molecule has 0 spiro atoms. The molecule has 33 heavy (non-hydrogen) atoms. The second-order valence-corrected chi connectivity index (χ2v) is 8.32. The molecule has 1 aliphatic heterocycles. The van der Waals surface area contributed by atoms with Gasteiger partial charge in [-0.2, -0.15) is 0 Å². The fourth-order valence-electron chi connectivity index (χ4n) is 3.89. The molecule has 0 bridgehead atoms. The van der Waals surface area contributed by atoms with Gasteiger partial charge in [-0.1, -0.05) is 30.3 Å². The quantitative estimate of drug-likeness (QED) is 0.601. The molecule has 3 rings (SSSR count). The van der Waals surface area contributed by atoms with Gasteiger partial charge in [0, 0.05) is 38.2 Å². The molecule has 1 atom stereocenters. The van der Waals surface area contributed by atoms with Crippen molar-refractivity contribution in [3.05, 3.63) is 59.7 Å². The van der Waals surface area contributed by atoms with Crippen molar-refractivity contribution in [1.29, 1.82) is 0 Å². The van der Waals surface area contributed by atoms with Gasteiger partial charge in [0.25, 0.3) is 0 Å². The van der Waals surface area contributed by atoms with Crippen LogP contribution < -0.4 is 20.7 Å². The zero-order valence-corrected chi connectivity index (χ0v) is 19.4.